The van der Waals surface area contributed by atoms with E-state index in [9.17, 15) is 26.7 Å². The first-order chi connectivity index (χ1) is 13.2. The Hall–Kier alpha value is -3.56. The lowest BCUT2D eigenvalue weighted by atomic mass is 10.2. The highest BCUT2D eigenvalue weighted by molar-refractivity contribution is 6.03. The maximum absolute atomic E-state index is 13.6. The summed E-state index contributed by atoms with van der Waals surface area (Å²) in [4.78, 5) is 20.0. The number of carbonyl (C=O) groups excluding carboxylic acids is 1. The largest absolute Gasteiger partial charge is 0.416 e. The van der Waals surface area contributed by atoms with Crippen molar-refractivity contribution < 1.29 is 26.7 Å². The molecular formula is C18H11F5N4O. The van der Waals surface area contributed by atoms with Gasteiger partial charge in [0.2, 0.25) is 5.95 Å². The fourth-order valence-corrected chi connectivity index (χ4v) is 2.19. The fraction of sp³-hybridized carbons (Fsp3) is 0.0556. The van der Waals surface area contributed by atoms with Gasteiger partial charge in [-0.05, 0) is 42.5 Å². The molecule has 10 heteroatoms. The predicted octanol–water partition coefficient (Wildman–Crippen LogP) is 4.77. The summed E-state index contributed by atoms with van der Waals surface area (Å²) in [6.07, 6.45) is -3.21. The van der Waals surface area contributed by atoms with E-state index >= 15 is 0 Å². The first-order valence-corrected chi connectivity index (χ1v) is 7.76. The van der Waals surface area contributed by atoms with E-state index in [1.165, 1.54) is 24.4 Å². The second-order valence-electron chi connectivity index (χ2n) is 5.54. The van der Waals surface area contributed by atoms with E-state index in [-0.39, 0.29) is 23.0 Å². The highest BCUT2D eigenvalue weighted by Crippen LogP contribution is 2.30. The Kier molecular flexibility index (Phi) is 5.21. The quantitative estimate of drug-likeness (QED) is 0.626. The van der Waals surface area contributed by atoms with Gasteiger partial charge in [-0.1, -0.05) is 0 Å². The average Bonchev–Trinajstić information content (AvgIpc) is 2.64. The van der Waals surface area contributed by atoms with Crippen molar-refractivity contribution in [3.63, 3.8) is 0 Å². The molecule has 0 bridgehead atoms. The molecule has 0 aliphatic carbocycles. The summed E-state index contributed by atoms with van der Waals surface area (Å²) < 4.78 is 64.3. The van der Waals surface area contributed by atoms with Crippen LogP contribution in [0.3, 0.4) is 0 Å². The molecule has 1 heterocycles. The molecule has 0 saturated carbocycles. The number of benzene rings is 2. The Morgan fingerprint density at radius 1 is 0.964 bits per heavy atom. The van der Waals surface area contributed by atoms with Crippen LogP contribution < -0.4 is 10.6 Å². The summed E-state index contributed by atoms with van der Waals surface area (Å²) in [6.45, 7) is 0. The number of aromatic nitrogens is 2. The lowest BCUT2D eigenvalue weighted by Gasteiger charge is -2.10. The lowest BCUT2D eigenvalue weighted by molar-refractivity contribution is -0.137. The number of rotatable bonds is 4. The predicted molar refractivity (Wildman–Crippen MR) is 91.1 cm³/mol. The van der Waals surface area contributed by atoms with Crippen LogP contribution in [0.1, 0.15) is 16.1 Å². The molecule has 1 amide bonds. The van der Waals surface area contributed by atoms with Gasteiger partial charge >= 0.3 is 6.18 Å². The molecule has 0 atom stereocenters. The van der Waals surface area contributed by atoms with Crippen LogP contribution in [0.5, 0.6) is 0 Å². The molecule has 0 saturated heterocycles. The SMILES string of the molecule is O=C(Nc1ccc(F)cc1F)c1ccnc(Nc2ccc(C(F)(F)F)cc2)n1. The maximum atomic E-state index is 13.6. The molecule has 0 aliphatic heterocycles. The molecule has 144 valence electrons. The molecule has 2 aromatic carbocycles. The third-order valence-corrected chi connectivity index (χ3v) is 3.54. The van der Waals surface area contributed by atoms with E-state index in [1.54, 1.807) is 0 Å². The van der Waals surface area contributed by atoms with Crippen LogP contribution in [0, 0.1) is 11.6 Å². The maximum Gasteiger partial charge on any atom is 0.416 e. The Morgan fingerprint density at radius 3 is 2.32 bits per heavy atom. The average molecular weight is 394 g/mol. The monoisotopic (exact) mass is 394 g/mol. The van der Waals surface area contributed by atoms with E-state index in [4.69, 9.17) is 0 Å². The molecule has 3 rings (SSSR count). The number of amides is 1. The zero-order chi connectivity index (χ0) is 20.3. The second kappa shape index (κ2) is 7.59. The van der Waals surface area contributed by atoms with E-state index in [0.29, 0.717) is 6.07 Å². The molecule has 0 radical (unpaired) electrons. The fourth-order valence-electron chi connectivity index (χ4n) is 2.19. The van der Waals surface area contributed by atoms with Crippen molar-refractivity contribution in [2.75, 3.05) is 10.6 Å². The van der Waals surface area contributed by atoms with E-state index in [0.717, 1.165) is 24.3 Å². The number of anilines is 3. The van der Waals surface area contributed by atoms with Crippen LogP contribution in [0.15, 0.2) is 54.7 Å². The zero-order valence-corrected chi connectivity index (χ0v) is 13.9. The van der Waals surface area contributed by atoms with Crippen molar-refractivity contribution >= 4 is 23.2 Å². The molecule has 1 aromatic heterocycles. The molecule has 3 aromatic rings. The summed E-state index contributed by atoms with van der Waals surface area (Å²) in [5, 5.41) is 4.91. The Balaban J connectivity index is 1.73. The molecule has 5 nitrogen and oxygen atoms in total. The van der Waals surface area contributed by atoms with E-state index < -0.39 is 29.3 Å². The number of carbonyl (C=O) groups is 1. The smallest absolute Gasteiger partial charge is 0.324 e. The minimum Gasteiger partial charge on any atom is -0.324 e. The summed E-state index contributed by atoms with van der Waals surface area (Å²) in [5.74, 6) is -2.57. The van der Waals surface area contributed by atoms with Gasteiger partial charge < -0.3 is 10.6 Å². The number of nitrogens with zero attached hydrogens (tertiary/aromatic N) is 2. The van der Waals surface area contributed by atoms with Crippen molar-refractivity contribution in [1.82, 2.24) is 9.97 Å². The van der Waals surface area contributed by atoms with Crippen LogP contribution in [-0.2, 0) is 6.18 Å². The van der Waals surface area contributed by atoms with Crippen LogP contribution in [0.25, 0.3) is 0 Å². The van der Waals surface area contributed by atoms with Gasteiger partial charge in [-0.15, -0.1) is 0 Å². The summed E-state index contributed by atoms with van der Waals surface area (Å²) in [5.41, 5.74) is -0.904. The number of halogens is 5. The van der Waals surface area contributed by atoms with Gasteiger partial charge in [0.25, 0.3) is 5.91 Å². The van der Waals surface area contributed by atoms with Gasteiger partial charge in [-0.2, -0.15) is 13.2 Å². The molecule has 2 N–H and O–H groups in total. The lowest BCUT2D eigenvalue weighted by Crippen LogP contribution is -2.15. The zero-order valence-electron chi connectivity index (χ0n) is 13.9. The van der Waals surface area contributed by atoms with Gasteiger partial charge in [0, 0.05) is 18.0 Å². The Bertz CT molecular complexity index is 1010. The van der Waals surface area contributed by atoms with Gasteiger partial charge in [-0.25, -0.2) is 18.7 Å². The van der Waals surface area contributed by atoms with Gasteiger partial charge in [0.1, 0.15) is 17.3 Å². The normalized spacial score (nSPS) is 11.2. The minimum absolute atomic E-state index is 0.0491. The number of hydrogen-bond acceptors (Lipinski definition) is 4. The molecule has 0 aliphatic rings. The van der Waals surface area contributed by atoms with Crippen LogP contribution in [-0.4, -0.2) is 15.9 Å². The molecule has 0 spiro atoms. The number of hydrogen-bond donors (Lipinski definition) is 2. The molecule has 28 heavy (non-hydrogen) atoms. The molecule has 0 fully saturated rings. The van der Waals surface area contributed by atoms with Crippen molar-refractivity contribution in [3.8, 4) is 0 Å². The molecular weight excluding hydrogens is 383 g/mol. The van der Waals surface area contributed by atoms with E-state index in [1.807, 2.05) is 0 Å². The van der Waals surface area contributed by atoms with Crippen LogP contribution in [0.2, 0.25) is 0 Å². The van der Waals surface area contributed by atoms with Gasteiger partial charge in [0.05, 0.1) is 11.3 Å². The molecule has 0 unspecified atom stereocenters. The van der Waals surface area contributed by atoms with Crippen molar-refractivity contribution in [2.45, 2.75) is 6.18 Å². The first kappa shape index (κ1) is 19.2. The Labute approximate surface area is 155 Å². The second-order valence-corrected chi connectivity index (χ2v) is 5.54. The standard InChI is InChI=1S/C18H11F5N4O/c19-11-3-6-14(13(20)9-11)26-16(28)15-7-8-24-17(27-15)25-12-4-1-10(2-5-12)18(21,22)23/h1-9H,(H,26,28)(H,24,25,27). The summed E-state index contributed by atoms with van der Waals surface area (Å²) in [6, 6.07) is 8.06. The summed E-state index contributed by atoms with van der Waals surface area (Å²) in [7, 11) is 0. The third kappa shape index (κ3) is 4.58. The van der Waals surface area contributed by atoms with Gasteiger partial charge in [-0.3, -0.25) is 4.79 Å². The topological polar surface area (TPSA) is 66.9 Å². The third-order valence-electron chi connectivity index (χ3n) is 3.54. The van der Waals surface area contributed by atoms with Crippen LogP contribution >= 0.6 is 0 Å². The Morgan fingerprint density at radius 2 is 1.68 bits per heavy atom. The van der Waals surface area contributed by atoms with Crippen molar-refractivity contribution in [1.29, 1.82) is 0 Å². The first-order valence-electron chi connectivity index (χ1n) is 7.76. The minimum atomic E-state index is -4.46. The summed E-state index contributed by atoms with van der Waals surface area (Å²) >= 11 is 0. The van der Waals surface area contributed by atoms with Crippen molar-refractivity contribution in [2.24, 2.45) is 0 Å². The highest BCUT2D eigenvalue weighted by Gasteiger charge is 2.29. The van der Waals surface area contributed by atoms with Gasteiger partial charge in [0.15, 0.2) is 0 Å². The van der Waals surface area contributed by atoms with E-state index in [2.05, 4.69) is 20.6 Å². The number of alkyl halides is 3. The number of nitrogens with one attached hydrogen (secondary N) is 2. The van der Waals surface area contributed by atoms with Crippen LogP contribution in [0.4, 0.5) is 39.3 Å². The van der Waals surface area contributed by atoms with Crippen molar-refractivity contribution in [3.05, 3.63) is 77.6 Å². The highest BCUT2D eigenvalue weighted by atomic mass is 19.4.